The van der Waals surface area contributed by atoms with Crippen molar-refractivity contribution in [3.8, 4) is 22.6 Å². The number of carbonyl (C=O) groups is 1. The fraction of sp³-hybridized carbons (Fsp3) is 0.231. The molecule has 0 radical (unpaired) electrons. The second kappa shape index (κ2) is 4.31. The normalized spacial score (nSPS) is 14.4. The van der Waals surface area contributed by atoms with Crippen LogP contribution in [0.4, 0.5) is 0 Å². The van der Waals surface area contributed by atoms with Gasteiger partial charge in [-0.05, 0) is 24.6 Å². The fourth-order valence-electron chi connectivity index (χ4n) is 1.89. The summed E-state index contributed by atoms with van der Waals surface area (Å²) in [7, 11) is 0. The Morgan fingerprint density at radius 3 is 2.95 bits per heavy atom. The number of nitrogens with zero attached hydrogens (tertiary/aromatic N) is 2. The SMILES string of the molecule is C[C@H](C(=O)O)n1cc(-c2ccc3c(c2)OCO3)cn1. The number of rotatable bonds is 3. The smallest absolute Gasteiger partial charge is 0.328 e. The van der Waals surface area contributed by atoms with Crippen molar-refractivity contribution in [2.24, 2.45) is 0 Å². The van der Waals surface area contributed by atoms with Crippen molar-refractivity contribution < 1.29 is 19.4 Å². The van der Waals surface area contributed by atoms with Gasteiger partial charge in [-0.3, -0.25) is 4.68 Å². The first-order valence-electron chi connectivity index (χ1n) is 5.82. The summed E-state index contributed by atoms with van der Waals surface area (Å²) in [6.07, 6.45) is 3.34. The molecule has 0 spiro atoms. The monoisotopic (exact) mass is 260 g/mol. The number of aliphatic carboxylic acids is 1. The third kappa shape index (κ3) is 2.01. The summed E-state index contributed by atoms with van der Waals surface area (Å²) in [5, 5.41) is 13.0. The van der Waals surface area contributed by atoms with Gasteiger partial charge in [-0.15, -0.1) is 0 Å². The molecular formula is C13H12N2O4. The molecule has 2 heterocycles. The maximum Gasteiger partial charge on any atom is 0.328 e. The summed E-state index contributed by atoms with van der Waals surface area (Å²) in [5.41, 5.74) is 1.75. The van der Waals surface area contributed by atoms with Gasteiger partial charge in [0.15, 0.2) is 11.5 Å². The van der Waals surface area contributed by atoms with Gasteiger partial charge < -0.3 is 14.6 Å². The molecule has 0 fully saturated rings. The molecule has 0 saturated carbocycles. The highest BCUT2D eigenvalue weighted by molar-refractivity contribution is 5.72. The number of hydrogen-bond donors (Lipinski definition) is 1. The molecule has 1 atom stereocenters. The van der Waals surface area contributed by atoms with E-state index in [-0.39, 0.29) is 6.79 Å². The van der Waals surface area contributed by atoms with E-state index >= 15 is 0 Å². The van der Waals surface area contributed by atoms with Gasteiger partial charge in [0, 0.05) is 11.8 Å². The number of hydrogen-bond acceptors (Lipinski definition) is 4. The van der Waals surface area contributed by atoms with Crippen molar-refractivity contribution in [1.82, 2.24) is 9.78 Å². The number of aromatic nitrogens is 2. The van der Waals surface area contributed by atoms with E-state index in [4.69, 9.17) is 14.6 Å². The molecule has 0 amide bonds. The second-order valence-corrected chi connectivity index (χ2v) is 4.29. The standard InChI is InChI=1S/C13H12N2O4/c1-8(13(16)17)15-6-10(5-14-15)9-2-3-11-12(4-9)19-7-18-11/h2-6,8H,7H2,1H3,(H,16,17)/t8-/m1/s1. The Bertz CT molecular complexity index is 635. The second-order valence-electron chi connectivity index (χ2n) is 4.29. The van der Waals surface area contributed by atoms with Crippen molar-refractivity contribution in [3.63, 3.8) is 0 Å². The van der Waals surface area contributed by atoms with Gasteiger partial charge in [-0.1, -0.05) is 6.07 Å². The largest absolute Gasteiger partial charge is 0.480 e. The van der Waals surface area contributed by atoms with Gasteiger partial charge in [-0.2, -0.15) is 5.10 Å². The Hall–Kier alpha value is -2.50. The van der Waals surface area contributed by atoms with E-state index in [1.807, 2.05) is 18.2 Å². The van der Waals surface area contributed by atoms with Crippen LogP contribution in [0.15, 0.2) is 30.6 Å². The molecule has 1 aliphatic rings. The fourth-order valence-corrected chi connectivity index (χ4v) is 1.89. The van der Waals surface area contributed by atoms with Crippen LogP contribution in [0.3, 0.4) is 0 Å². The molecule has 1 aliphatic heterocycles. The summed E-state index contributed by atoms with van der Waals surface area (Å²) in [6.45, 7) is 1.81. The average molecular weight is 260 g/mol. The number of benzene rings is 1. The molecule has 1 N–H and O–H groups in total. The van der Waals surface area contributed by atoms with Crippen molar-refractivity contribution in [2.45, 2.75) is 13.0 Å². The minimum Gasteiger partial charge on any atom is -0.480 e. The van der Waals surface area contributed by atoms with E-state index in [0.717, 1.165) is 16.9 Å². The van der Waals surface area contributed by atoms with Crippen molar-refractivity contribution >= 4 is 5.97 Å². The molecule has 6 nitrogen and oxygen atoms in total. The minimum atomic E-state index is -0.916. The highest BCUT2D eigenvalue weighted by atomic mass is 16.7. The van der Waals surface area contributed by atoms with E-state index in [9.17, 15) is 4.79 Å². The highest BCUT2D eigenvalue weighted by Gasteiger charge is 2.17. The van der Waals surface area contributed by atoms with Gasteiger partial charge >= 0.3 is 5.97 Å². The molecule has 1 aromatic heterocycles. The lowest BCUT2D eigenvalue weighted by Crippen LogP contribution is -2.15. The molecule has 6 heteroatoms. The Labute approximate surface area is 109 Å². The summed E-state index contributed by atoms with van der Waals surface area (Å²) in [4.78, 5) is 10.9. The quantitative estimate of drug-likeness (QED) is 0.912. The first kappa shape index (κ1) is 11.6. The summed E-state index contributed by atoms with van der Waals surface area (Å²) in [5.74, 6) is 0.493. The molecule has 3 rings (SSSR count). The van der Waals surface area contributed by atoms with E-state index in [1.54, 1.807) is 19.3 Å². The van der Waals surface area contributed by atoms with E-state index < -0.39 is 12.0 Å². The van der Waals surface area contributed by atoms with E-state index in [2.05, 4.69) is 5.10 Å². The third-order valence-corrected chi connectivity index (χ3v) is 3.06. The Morgan fingerprint density at radius 1 is 1.37 bits per heavy atom. The molecule has 0 saturated heterocycles. The van der Waals surface area contributed by atoms with Crippen LogP contribution >= 0.6 is 0 Å². The average Bonchev–Trinajstić information content (AvgIpc) is 3.05. The first-order chi connectivity index (χ1) is 9.15. The Morgan fingerprint density at radius 2 is 2.16 bits per heavy atom. The van der Waals surface area contributed by atoms with Crippen LogP contribution in [0, 0.1) is 0 Å². The number of carboxylic acids is 1. The molecule has 0 aliphatic carbocycles. The Kier molecular flexibility index (Phi) is 2.63. The predicted molar refractivity (Wildman–Crippen MR) is 66.1 cm³/mol. The van der Waals surface area contributed by atoms with Gasteiger partial charge in [0.1, 0.15) is 6.04 Å². The summed E-state index contributed by atoms with van der Waals surface area (Å²) in [6, 6.07) is 4.88. The van der Waals surface area contributed by atoms with E-state index in [1.165, 1.54) is 4.68 Å². The number of fused-ring (bicyclic) bond motifs is 1. The van der Waals surface area contributed by atoms with Gasteiger partial charge in [0.2, 0.25) is 6.79 Å². The van der Waals surface area contributed by atoms with Crippen LogP contribution in [0.1, 0.15) is 13.0 Å². The molecule has 0 bridgehead atoms. The molecule has 19 heavy (non-hydrogen) atoms. The highest BCUT2D eigenvalue weighted by Crippen LogP contribution is 2.35. The molecule has 1 aromatic carbocycles. The predicted octanol–water partition coefficient (Wildman–Crippen LogP) is 1.92. The maximum atomic E-state index is 10.9. The van der Waals surface area contributed by atoms with Crippen LogP contribution < -0.4 is 9.47 Å². The van der Waals surface area contributed by atoms with Crippen LogP contribution in [0.5, 0.6) is 11.5 Å². The first-order valence-corrected chi connectivity index (χ1v) is 5.82. The third-order valence-electron chi connectivity index (χ3n) is 3.06. The lowest BCUT2D eigenvalue weighted by Gasteiger charge is -2.05. The zero-order valence-electron chi connectivity index (χ0n) is 10.2. The van der Waals surface area contributed by atoms with Gasteiger partial charge in [0.25, 0.3) is 0 Å². The van der Waals surface area contributed by atoms with Crippen LogP contribution in [-0.4, -0.2) is 27.6 Å². The van der Waals surface area contributed by atoms with Crippen molar-refractivity contribution in [1.29, 1.82) is 0 Å². The van der Waals surface area contributed by atoms with Gasteiger partial charge in [-0.25, -0.2) is 4.79 Å². The number of carboxylic acid groups (broad SMARTS) is 1. The zero-order valence-corrected chi connectivity index (χ0v) is 10.2. The summed E-state index contributed by atoms with van der Waals surface area (Å²) >= 11 is 0. The van der Waals surface area contributed by atoms with E-state index in [0.29, 0.717) is 5.75 Å². The lowest BCUT2D eigenvalue weighted by molar-refractivity contribution is -0.140. The Balaban J connectivity index is 1.92. The van der Waals surface area contributed by atoms with Crippen molar-refractivity contribution in [3.05, 3.63) is 30.6 Å². The topological polar surface area (TPSA) is 73.6 Å². The van der Waals surface area contributed by atoms with Gasteiger partial charge in [0.05, 0.1) is 6.20 Å². The van der Waals surface area contributed by atoms with Crippen LogP contribution in [0.2, 0.25) is 0 Å². The zero-order chi connectivity index (χ0) is 13.4. The molecular weight excluding hydrogens is 248 g/mol. The molecule has 2 aromatic rings. The number of ether oxygens (including phenoxy) is 2. The van der Waals surface area contributed by atoms with Crippen molar-refractivity contribution in [2.75, 3.05) is 6.79 Å². The summed E-state index contributed by atoms with van der Waals surface area (Å²) < 4.78 is 12.0. The maximum absolute atomic E-state index is 10.9. The molecule has 98 valence electrons. The van der Waals surface area contributed by atoms with Crippen LogP contribution in [-0.2, 0) is 4.79 Å². The molecule has 0 unspecified atom stereocenters. The minimum absolute atomic E-state index is 0.230. The lowest BCUT2D eigenvalue weighted by atomic mass is 10.1. The van der Waals surface area contributed by atoms with Crippen LogP contribution in [0.25, 0.3) is 11.1 Å².